The zero-order valence-electron chi connectivity index (χ0n) is 18.8. The van der Waals surface area contributed by atoms with Crippen molar-refractivity contribution >= 4 is 23.4 Å². The summed E-state index contributed by atoms with van der Waals surface area (Å²) in [6, 6.07) is 7.04. The second-order valence-electron chi connectivity index (χ2n) is 8.56. The number of fused-ring (bicyclic) bond motifs is 1. The van der Waals surface area contributed by atoms with E-state index < -0.39 is 23.3 Å². The predicted octanol–water partition coefficient (Wildman–Crippen LogP) is 2.30. The van der Waals surface area contributed by atoms with E-state index >= 15 is 0 Å². The first-order valence-electron chi connectivity index (χ1n) is 11.1. The molecule has 0 saturated carbocycles. The Hall–Kier alpha value is -3.96. The Bertz CT molecular complexity index is 1300. The Kier molecular flexibility index (Phi) is 5.65. The first-order chi connectivity index (χ1) is 16.7. The summed E-state index contributed by atoms with van der Waals surface area (Å²) in [6.07, 6.45) is -1.06. The van der Waals surface area contributed by atoms with Crippen molar-refractivity contribution in [1.29, 1.82) is 0 Å². The van der Waals surface area contributed by atoms with Crippen molar-refractivity contribution in [3.8, 4) is 0 Å². The summed E-state index contributed by atoms with van der Waals surface area (Å²) < 4.78 is 40.2. The van der Waals surface area contributed by atoms with Crippen molar-refractivity contribution in [2.45, 2.75) is 25.6 Å². The summed E-state index contributed by atoms with van der Waals surface area (Å²) in [5.41, 5.74) is -0.326. The Morgan fingerprint density at radius 1 is 1.09 bits per heavy atom. The van der Waals surface area contributed by atoms with Gasteiger partial charge in [0.15, 0.2) is 5.82 Å². The van der Waals surface area contributed by atoms with Crippen LogP contribution in [0, 0.1) is 6.92 Å². The van der Waals surface area contributed by atoms with Gasteiger partial charge in [0.05, 0.1) is 0 Å². The Balaban J connectivity index is 1.41. The predicted molar refractivity (Wildman–Crippen MR) is 121 cm³/mol. The van der Waals surface area contributed by atoms with Crippen LogP contribution in [0.1, 0.15) is 16.7 Å². The standard InChI is InChI=1S/C23H22F3N7O2/c1-14-12-27-22(28-13-14)32-8-6-31(7-9-32)21(35)18-10-15-4-2-3-5-17(15)33(18)19-11-16(23(24,25)26)20(34)30-29-19/h2-5,11-13,18H,6-10H2,1H3,(H,30,34)/t18-/m0/s1. The second-order valence-corrected chi connectivity index (χ2v) is 8.56. The lowest BCUT2D eigenvalue weighted by Crippen LogP contribution is -2.54. The number of halogens is 3. The van der Waals surface area contributed by atoms with E-state index in [1.54, 1.807) is 29.4 Å². The molecular formula is C23H22F3N7O2. The van der Waals surface area contributed by atoms with Crippen molar-refractivity contribution in [2.24, 2.45) is 0 Å². The highest BCUT2D eigenvalue weighted by Crippen LogP contribution is 2.39. The van der Waals surface area contributed by atoms with Gasteiger partial charge in [-0.2, -0.15) is 18.3 Å². The maximum Gasteiger partial charge on any atom is 0.421 e. The van der Waals surface area contributed by atoms with Crippen LogP contribution < -0.4 is 15.4 Å². The Morgan fingerprint density at radius 2 is 1.77 bits per heavy atom. The number of hydrogen-bond acceptors (Lipinski definition) is 7. The van der Waals surface area contributed by atoms with E-state index in [2.05, 4.69) is 15.1 Å². The third kappa shape index (κ3) is 4.31. The molecule has 2 aliphatic rings. The van der Waals surface area contributed by atoms with E-state index in [1.165, 1.54) is 4.90 Å². The van der Waals surface area contributed by atoms with Gasteiger partial charge in [0.1, 0.15) is 11.6 Å². The van der Waals surface area contributed by atoms with Crippen LogP contribution in [-0.4, -0.2) is 63.2 Å². The Morgan fingerprint density at radius 3 is 2.46 bits per heavy atom. The van der Waals surface area contributed by atoms with Gasteiger partial charge in [-0.25, -0.2) is 15.1 Å². The van der Waals surface area contributed by atoms with E-state index in [0.717, 1.165) is 11.1 Å². The van der Waals surface area contributed by atoms with Crippen LogP contribution in [-0.2, 0) is 17.4 Å². The normalized spacial score (nSPS) is 18.1. The van der Waals surface area contributed by atoms with E-state index in [4.69, 9.17) is 0 Å². The van der Waals surface area contributed by atoms with Crippen LogP contribution in [0.5, 0.6) is 0 Å². The van der Waals surface area contributed by atoms with Crippen molar-refractivity contribution in [1.82, 2.24) is 25.1 Å². The third-order valence-electron chi connectivity index (χ3n) is 6.24. The molecule has 1 aromatic carbocycles. The number of hydrogen-bond donors (Lipinski definition) is 1. The molecule has 0 bridgehead atoms. The number of benzene rings is 1. The van der Waals surface area contributed by atoms with Crippen LogP contribution >= 0.6 is 0 Å². The fourth-order valence-electron chi connectivity index (χ4n) is 4.48. The molecule has 2 aromatic heterocycles. The van der Waals surface area contributed by atoms with Gasteiger partial charge < -0.3 is 14.7 Å². The molecule has 1 amide bonds. The number of para-hydroxylation sites is 1. The minimum Gasteiger partial charge on any atom is -0.337 e. The lowest BCUT2D eigenvalue weighted by Gasteiger charge is -2.37. The number of nitrogens with one attached hydrogen (secondary N) is 1. The highest BCUT2D eigenvalue weighted by Gasteiger charge is 2.41. The van der Waals surface area contributed by atoms with Gasteiger partial charge in [-0.05, 0) is 24.1 Å². The summed E-state index contributed by atoms with van der Waals surface area (Å²) in [6.45, 7) is 3.81. The molecule has 35 heavy (non-hydrogen) atoms. The fraction of sp³-hybridized carbons (Fsp3) is 0.348. The molecular weight excluding hydrogens is 463 g/mol. The number of aromatic amines is 1. The average molecular weight is 485 g/mol. The van der Waals surface area contributed by atoms with Crippen LogP contribution in [0.2, 0.25) is 0 Å². The van der Waals surface area contributed by atoms with E-state index in [9.17, 15) is 22.8 Å². The van der Waals surface area contributed by atoms with Gasteiger partial charge in [0.25, 0.3) is 5.56 Å². The van der Waals surface area contributed by atoms with Crippen LogP contribution in [0.4, 0.5) is 30.6 Å². The summed E-state index contributed by atoms with van der Waals surface area (Å²) >= 11 is 0. The van der Waals surface area contributed by atoms with Crippen molar-refractivity contribution in [3.63, 3.8) is 0 Å². The number of carbonyl (C=O) groups excluding carboxylic acids is 1. The largest absolute Gasteiger partial charge is 0.421 e. The van der Waals surface area contributed by atoms with Crippen LogP contribution in [0.25, 0.3) is 0 Å². The molecule has 182 valence electrons. The van der Waals surface area contributed by atoms with E-state index in [0.29, 0.717) is 50.3 Å². The lowest BCUT2D eigenvalue weighted by atomic mass is 10.1. The molecule has 1 saturated heterocycles. The molecule has 0 unspecified atom stereocenters. The van der Waals surface area contributed by atoms with Gasteiger partial charge in [0, 0.05) is 56.7 Å². The minimum absolute atomic E-state index is 0.132. The zero-order valence-corrected chi connectivity index (χ0v) is 18.8. The van der Waals surface area contributed by atoms with Crippen LogP contribution in [0.15, 0.2) is 47.5 Å². The first kappa shape index (κ1) is 22.8. The first-order valence-corrected chi connectivity index (χ1v) is 11.1. The van der Waals surface area contributed by atoms with Gasteiger partial charge >= 0.3 is 6.18 Å². The van der Waals surface area contributed by atoms with E-state index in [1.807, 2.05) is 29.1 Å². The van der Waals surface area contributed by atoms with Crippen molar-refractivity contribution in [3.05, 3.63) is 69.8 Å². The Labute approximate surface area is 198 Å². The molecule has 9 nitrogen and oxygen atoms in total. The number of H-pyrrole nitrogens is 1. The number of rotatable bonds is 3. The third-order valence-corrected chi connectivity index (χ3v) is 6.24. The molecule has 1 atom stereocenters. The average Bonchev–Trinajstić information content (AvgIpc) is 3.23. The highest BCUT2D eigenvalue weighted by molar-refractivity contribution is 5.91. The molecule has 0 radical (unpaired) electrons. The number of anilines is 3. The maximum atomic E-state index is 13.6. The van der Waals surface area contributed by atoms with Gasteiger partial charge in [-0.3, -0.25) is 9.59 Å². The second kappa shape index (κ2) is 8.67. The smallest absolute Gasteiger partial charge is 0.337 e. The molecule has 1 N–H and O–H groups in total. The summed E-state index contributed by atoms with van der Waals surface area (Å²) in [5.74, 6) is 0.244. The SMILES string of the molecule is Cc1cnc(N2CCN(C(=O)[C@@H]3Cc4ccccc4N3c3cc(C(F)(F)F)c(=O)[nH]n3)CC2)nc1. The number of piperazine rings is 1. The number of nitrogens with zero attached hydrogens (tertiary/aromatic N) is 6. The maximum absolute atomic E-state index is 13.6. The fourth-order valence-corrected chi connectivity index (χ4v) is 4.48. The number of amides is 1. The molecule has 3 aromatic rings. The quantitative estimate of drug-likeness (QED) is 0.608. The molecule has 2 aliphatic heterocycles. The molecule has 5 rings (SSSR count). The summed E-state index contributed by atoms with van der Waals surface area (Å²) in [4.78, 5) is 39.2. The topological polar surface area (TPSA) is 98.3 Å². The van der Waals surface area contributed by atoms with Crippen molar-refractivity contribution < 1.29 is 18.0 Å². The molecule has 0 aliphatic carbocycles. The zero-order chi connectivity index (χ0) is 24.7. The van der Waals surface area contributed by atoms with E-state index in [-0.39, 0.29) is 11.7 Å². The minimum atomic E-state index is -4.85. The van der Waals surface area contributed by atoms with Gasteiger partial charge in [-0.1, -0.05) is 18.2 Å². The molecule has 0 spiro atoms. The highest BCUT2D eigenvalue weighted by atomic mass is 19.4. The number of aromatic nitrogens is 4. The van der Waals surface area contributed by atoms with Crippen LogP contribution in [0.3, 0.4) is 0 Å². The number of carbonyl (C=O) groups is 1. The van der Waals surface area contributed by atoms with Gasteiger partial charge in [0.2, 0.25) is 11.9 Å². The monoisotopic (exact) mass is 485 g/mol. The molecule has 12 heteroatoms. The summed E-state index contributed by atoms with van der Waals surface area (Å²) in [5, 5.41) is 5.80. The summed E-state index contributed by atoms with van der Waals surface area (Å²) in [7, 11) is 0. The van der Waals surface area contributed by atoms with Crippen molar-refractivity contribution in [2.75, 3.05) is 36.0 Å². The number of aryl methyl sites for hydroxylation is 1. The molecule has 4 heterocycles. The van der Waals surface area contributed by atoms with Gasteiger partial charge in [-0.15, -0.1) is 0 Å². The number of alkyl halides is 3. The molecule has 1 fully saturated rings. The lowest BCUT2D eigenvalue weighted by molar-refractivity contribution is -0.138.